The zero-order valence-corrected chi connectivity index (χ0v) is 13.1. The lowest BCUT2D eigenvalue weighted by Gasteiger charge is -2.09. The molecule has 0 spiro atoms. The van der Waals surface area contributed by atoms with Crippen LogP contribution < -0.4 is 0 Å². The summed E-state index contributed by atoms with van der Waals surface area (Å²) in [6, 6.07) is 13.7. The fraction of sp³-hybridized carbons (Fsp3) is 0.111. The number of nitriles is 1. The Hall–Kier alpha value is -3.53. The molecular formula is C18H12FN3O3. The minimum atomic E-state index is -0.778. The first-order valence-electron chi connectivity index (χ1n) is 7.37. The number of benzene rings is 2. The Morgan fingerprint density at radius 1 is 1.24 bits per heavy atom. The molecule has 1 heterocycles. The molecule has 0 aliphatic heterocycles. The highest BCUT2D eigenvalue weighted by Gasteiger charge is 2.20. The van der Waals surface area contributed by atoms with Crippen LogP contribution in [0.4, 0.5) is 4.39 Å². The van der Waals surface area contributed by atoms with Crippen molar-refractivity contribution >= 4 is 5.97 Å². The fourth-order valence-corrected chi connectivity index (χ4v) is 2.10. The Morgan fingerprint density at radius 2 is 2.00 bits per heavy atom. The van der Waals surface area contributed by atoms with Crippen LogP contribution in [0.5, 0.6) is 0 Å². The van der Waals surface area contributed by atoms with E-state index in [1.807, 2.05) is 6.07 Å². The Balaban J connectivity index is 1.73. The molecule has 0 amide bonds. The molecule has 0 saturated heterocycles. The second-order valence-corrected chi connectivity index (χ2v) is 5.19. The van der Waals surface area contributed by atoms with E-state index in [-0.39, 0.29) is 23.2 Å². The van der Waals surface area contributed by atoms with E-state index in [1.165, 1.54) is 30.3 Å². The van der Waals surface area contributed by atoms with Gasteiger partial charge in [0.15, 0.2) is 6.10 Å². The average Bonchev–Trinajstić information content (AvgIpc) is 3.12. The monoisotopic (exact) mass is 337 g/mol. The first kappa shape index (κ1) is 16.3. The number of hydrogen-bond acceptors (Lipinski definition) is 6. The Morgan fingerprint density at radius 3 is 2.72 bits per heavy atom. The van der Waals surface area contributed by atoms with Crippen molar-refractivity contribution in [2.24, 2.45) is 0 Å². The van der Waals surface area contributed by atoms with E-state index in [0.717, 1.165) is 0 Å². The van der Waals surface area contributed by atoms with Gasteiger partial charge in [-0.25, -0.2) is 9.18 Å². The predicted molar refractivity (Wildman–Crippen MR) is 84.7 cm³/mol. The number of carbonyl (C=O) groups is 1. The third-order valence-corrected chi connectivity index (χ3v) is 3.39. The standard InChI is InChI=1S/C18H12FN3O3/c1-11(24-18(23)14-4-2-3-12(9-14)10-20)16-21-22-17(25-16)13-5-7-15(19)8-6-13/h2-9,11H,1H3/t11-/m1/s1. The molecule has 1 aromatic heterocycles. The normalized spacial score (nSPS) is 11.6. The van der Waals surface area contributed by atoms with Crippen LogP contribution in [0.2, 0.25) is 0 Å². The highest BCUT2D eigenvalue weighted by Crippen LogP contribution is 2.23. The van der Waals surface area contributed by atoms with Crippen molar-refractivity contribution in [3.05, 3.63) is 71.4 Å². The molecule has 0 N–H and O–H groups in total. The highest BCUT2D eigenvalue weighted by molar-refractivity contribution is 5.89. The maximum atomic E-state index is 13.0. The van der Waals surface area contributed by atoms with Crippen molar-refractivity contribution in [3.63, 3.8) is 0 Å². The molecule has 0 aliphatic rings. The van der Waals surface area contributed by atoms with Crippen molar-refractivity contribution < 1.29 is 18.3 Å². The van der Waals surface area contributed by atoms with Crippen LogP contribution in [0.1, 0.15) is 34.8 Å². The van der Waals surface area contributed by atoms with Crippen molar-refractivity contribution in [1.29, 1.82) is 5.26 Å². The van der Waals surface area contributed by atoms with Crippen LogP contribution in [0, 0.1) is 17.1 Å². The van der Waals surface area contributed by atoms with Gasteiger partial charge in [-0.2, -0.15) is 5.26 Å². The van der Waals surface area contributed by atoms with Crippen LogP contribution in [0.25, 0.3) is 11.5 Å². The third kappa shape index (κ3) is 3.70. The van der Waals surface area contributed by atoms with Gasteiger partial charge in [0.1, 0.15) is 5.82 Å². The minimum absolute atomic E-state index is 0.115. The summed E-state index contributed by atoms with van der Waals surface area (Å²) in [7, 11) is 0. The van der Waals surface area contributed by atoms with E-state index in [1.54, 1.807) is 25.1 Å². The third-order valence-electron chi connectivity index (χ3n) is 3.39. The molecule has 0 unspecified atom stereocenters. The second-order valence-electron chi connectivity index (χ2n) is 5.19. The number of halogens is 1. The van der Waals surface area contributed by atoms with Gasteiger partial charge in [0, 0.05) is 5.56 Å². The van der Waals surface area contributed by atoms with E-state index in [2.05, 4.69) is 10.2 Å². The summed E-state index contributed by atoms with van der Waals surface area (Å²) in [4.78, 5) is 12.1. The molecular weight excluding hydrogens is 325 g/mol. The lowest BCUT2D eigenvalue weighted by atomic mass is 10.1. The molecule has 0 fully saturated rings. The van der Waals surface area contributed by atoms with E-state index < -0.39 is 12.1 Å². The molecule has 3 aromatic rings. The van der Waals surface area contributed by atoms with Gasteiger partial charge in [-0.05, 0) is 49.4 Å². The van der Waals surface area contributed by atoms with Crippen molar-refractivity contribution in [3.8, 4) is 17.5 Å². The zero-order valence-electron chi connectivity index (χ0n) is 13.1. The van der Waals surface area contributed by atoms with Gasteiger partial charge >= 0.3 is 5.97 Å². The molecule has 0 aliphatic carbocycles. The Labute approximate surface area is 142 Å². The van der Waals surface area contributed by atoms with Crippen LogP contribution in [-0.4, -0.2) is 16.2 Å². The summed E-state index contributed by atoms with van der Waals surface area (Å²) in [6.07, 6.45) is -0.778. The molecule has 6 nitrogen and oxygen atoms in total. The quantitative estimate of drug-likeness (QED) is 0.675. The maximum absolute atomic E-state index is 13.0. The van der Waals surface area contributed by atoms with Gasteiger partial charge in [-0.3, -0.25) is 0 Å². The summed E-state index contributed by atoms with van der Waals surface area (Å²) in [6.45, 7) is 1.59. The lowest BCUT2D eigenvalue weighted by molar-refractivity contribution is 0.0280. The van der Waals surface area contributed by atoms with Crippen LogP contribution in [0.15, 0.2) is 52.9 Å². The molecule has 25 heavy (non-hydrogen) atoms. The average molecular weight is 337 g/mol. The number of rotatable bonds is 4. The molecule has 124 valence electrons. The summed E-state index contributed by atoms with van der Waals surface area (Å²) in [5.41, 5.74) is 1.17. The maximum Gasteiger partial charge on any atom is 0.338 e. The van der Waals surface area contributed by atoms with E-state index in [9.17, 15) is 9.18 Å². The van der Waals surface area contributed by atoms with E-state index in [4.69, 9.17) is 14.4 Å². The molecule has 1 atom stereocenters. The van der Waals surface area contributed by atoms with Gasteiger partial charge in [0.25, 0.3) is 5.89 Å². The number of esters is 1. The topological polar surface area (TPSA) is 89.0 Å². The predicted octanol–water partition coefficient (Wildman–Crippen LogP) is 3.67. The van der Waals surface area contributed by atoms with E-state index >= 15 is 0 Å². The summed E-state index contributed by atoms with van der Waals surface area (Å²) < 4.78 is 23.7. The summed E-state index contributed by atoms with van der Waals surface area (Å²) in [5.74, 6) is -0.662. The molecule has 2 aromatic carbocycles. The minimum Gasteiger partial charge on any atom is -0.449 e. The molecule has 0 bridgehead atoms. The Bertz CT molecular complexity index is 945. The van der Waals surface area contributed by atoms with E-state index in [0.29, 0.717) is 11.1 Å². The number of hydrogen-bond donors (Lipinski definition) is 0. The van der Waals surface area contributed by atoms with Crippen molar-refractivity contribution in [2.75, 3.05) is 0 Å². The van der Waals surface area contributed by atoms with Crippen LogP contribution >= 0.6 is 0 Å². The first-order chi connectivity index (χ1) is 12.1. The van der Waals surface area contributed by atoms with Crippen molar-refractivity contribution in [2.45, 2.75) is 13.0 Å². The largest absolute Gasteiger partial charge is 0.449 e. The number of carbonyl (C=O) groups excluding carboxylic acids is 1. The van der Waals surface area contributed by atoms with Crippen LogP contribution in [0.3, 0.4) is 0 Å². The van der Waals surface area contributed by atoms with Gasteiger partial charge in [0.05, 0.1) is 17.2 Å². The summed E-state index contributed by atoms with van der Waals surface area (Å²) in [5, 5.41) is 16.6. The van der Waals surface area contributed by atoms with Gasteiger partial charge < -0.3 is 9.15 Å². The summed E-state index contributed by atoms with van der Waals surface area (Å²) >= 11 is 0. The first-order valence-corrected chi connectivity index (χ1v) is 7.37. The van der Waals surface area contributed by atoms with Gasteiger partial charge in [-0.15, -0.1) is 10.2 Å². The SMILES string of the molecule is C[C@@H](OC(=O)c1cccc(C#N)c1)c1nnc(-c2ccc(F)cc2)o1. The van der Waals surface area contributed by atoms with Gasteiger partial charge in [0.2, 0.25) is 5.89 Å². The van der Waals surface area contributed by atoms with Crippen molar-refractivity contribution in [1.82, 2.24) is 10.2 Å². The zero-order chi connectivity index (χ0) is 17.8. The van der Waals surface area contributed by atoms with Gasteiger partial charge in [-0.1, -0.05) is 6.07 Å². The highest BCUT2D eigenvalue weighted by atomic mass is 19.1. The molecule has 3 rings (SSSR count). The van der Waals surface area contributed by atoms with Crippen LogP contribution in [-0.2, 0) is 4.74 Å². The number of ether oxygens (including phenoxy) is 1. The fourth-order valence-electron chi connectivity index (χ4n) is 2.10. The number of aromatic nitrogens is 2. The molecule has 0 radical (unpaired) electrons. The molecule has 7 heteroatoms. The lowest BCUT2D eigenvalue weighted by Crippen LogP contribution is -2.09. The Kier molecular flexibility index (Phi) is 4.53. The smallest absolute Gasteiger partial charge is 0.338 e. The second kappa shape index (κ2) is 6.93. The molecule has 0 saturated carbocycles. The number of nitrogens with zero attached hydrogens (tertiary/aromatic N) is 3.